The van der Waals surface area contributed by atoms with Crippen LogP contribution in [-0.4, -0.2) is 18.1 Å². The first-order valence-corrected chi connectivity index (χ1v) is 9.51. The van der Waals surface area contributed by atoms with Crippen LogP contribution in [0.3, 0.4) is 0 Å². The van der Waals surface area contributed by atoms with Gasteiger partial charge in [-0.1, -0.05) is 25.8 Å². The second kappa shape index (κ2) is 9.18. The average molecular weight is 410 g/mol. The maximum absolute atomic E-state index is 14.1. The largest absolute Gasteiger partial charge is 0.453 e. The Morgan fingerprint density at radius 1 is 1.07 bits per heavy atom. The van der Waals surface area contributed by atoms with E-state index in [0.717, 1.165) is 24.8 Å². The van der Waals surface area contributed by atoms with E-state index in [1.165, 1.54) is 12.1 Å². The van der Waals surface area contributed by atoms with Crippen molar-refractivity contribution < 1.29 is 35.9 Å². The summed E-state index contributed by atoms with van der Waals surface area (Å²) in [5.74, 6) is -9.20. The standard InChI is InChI=1S/C20H24F6O2/c1-2-3-4-5-13-6-11-17(16(21)12-13)28-18(27)14-7-9-15(10-8-14)19(22,23)20(24,25)26/h6,11-12,14-15H,2-5,7-10H2,1H3/t14-,15-. The quantitative estimate of drug-likeness (QED) is 0.223. The van der Waals surface area contributed by atoms with Gasteiger partial charge in [0.15, 0.2) is 11.6 Å². The molecule has 0 atom stereocenters. The highest BCUT2D eigenvalue weighted by Crippen LogP contribution is 2.47. The Morgan fingerprint density at radius 2 is 1.71 bits per heavy atom. The molecule has 1 aromatic rings. The van der Waals surface area contributed by atoms with Crippen LogP contribution >= 0.6 is 0 Å². The maximum atomic E-state index is 14.1. The number of aryl methyl sites for hydroxylation is 1. The first-order chi connectivity index (χ1) is 13.1. The Bertz CT molecular complexity index is 663. The van der Waals surface area contributed by atoms with Crippen LogP contribution in [0.15, 0.2) is 18.2 Å². The van der Waals surface area contributed by atoms with Gasteiger partial charge in [-0.2, -0.15) is 22.0 Å². The van der Waals surface area contributed by atoms with E-state index < -0.39 is 48.6 Å². The zero-order chi connectivity index (χ0) is 20.9. The van der Waals surface area contributed by atoms with Gasteiger partial charge in [0.25, 0.3) is 0 Å². The Morgan fingerprint density at radius 3 is 2.25 bits per heavy atom. The van der Waals surface area contributed by atoms with E-state index in [1.807, 2.05) is 0 Å². The minimum Gasteiger partial charge on any atom is -0.423 e. The van der Waals surface area contributed by atoms with Gasteiger partial charge in [0.2, 0.25) is 0 Å². The zero-order valence-corrected chi connectivity index (χ0v) is 15.6. The minimum atomic E-state index is -5.60. The lowest BCUT2D eigenvalue weighted by atomic mass is 9.78. The van der Waals surface area contributed by atoms with Gasteiger partial charge in [0.05, 0.1) is 5.92 Å². The molecule has 158 valence electrons. The molecule has 1 fully saturated rings. The predicted octanol–water partition coefficient (Wildman–Crippen LogP) is 6.47. The number of rotatable bonds is 7. The molecule has 1 saturated carbocycles. The van der Waals surface area contributed by atoms with E-state index in [-0.39, 0.29) is 18.6 Å². The van der Waals surface area contributed by atoms with Crippen LogP contribution in [0.25, 0.3) is 0 Å². The van der Waals surface area contributed by atoms with Gasteiger partial charge in [0.1, 0.15) is 0 Å². The van der Waals surface area contributed by atoms with Gasteiger partial charge in [-0.05, 0) is 56.2 Å². The minimum absolute atomic E-state index is 0.147. The van der Waals surface area contributed by atoms with Gasteiger partial charge in [-0.3, -0.25) is 4.79 Å². The highest BCUT2D eigenvalue weighted by Gasteiger charge is 2.62. The van der Waals surface area contributed by atoms with E-state index >= 15 is 0 Å². The van der Waals surface area contributed by atoms with Crippen LogP contribution in [0.2, 0.25) is 0 Å². The highest BCUT2D eigenvalue weighted by molar-refractivity contribution is 5.75. The third-order valence-corrected chi connectivity index (χ3v) is 5.23. The molecule has 0 amide bonds. The van der Waals surface area contributed by atoms with Crippen molar-refractivity contribution in [2.75, 3.05) is 0 Å². The van der Waals surface area contributed by atoms with E-state index in [4.69, 9.17) is 4.74 Å². The van der Waals surface area contributed by atoms with Crippen molar-refractivity contribution in [1.29, 1.82) is 0 Å². The number of carbonyl (C=O) groups excluding carboxylic acids is 1. The smallest absolute Gasteiger partial charge is 0.423 e. The van der Waals surface area contributed by atoms with Crippen LogP contribution in [0, 0.1) is 17.7 Å². The van der Waals surface area contributed by atoms with Gasteiger partial charge in [-0.25, -0.2) is 4.39 Å². The summed E-state index contributed by atoms with van der Waals surface area (Å²) in [6, 6.07) is 4.29. The van der Waals surface area contributed by atoms with Gasteiger partial charge < -0.3 is 4.74 Å². The van der Waals surface area contributed by atoms with E-state index in [9.17, 15) is 31.1 Å². The average Bonchev–Trinajstić information content (AvgIpc) is 2.63. The molecule has 1 aliphatic carbocycles. The Hall–Kier alpha value is -1.73. The van der Waals surface area contributed by atoms with Crippen molar-refractivity contribution in [2.24, 2.45) is 11.8 Å². The summed E-state index contributed by atoms with van der Waals surface area (Å²) in [7, 11) is 0. The summed E-state index contributed by atoms with van der Waals surface area (Å²) in [5, 5.41) is 0. The topological polar surface area (TPSA) is 26.3 Å². The molecule has 0 N–H and O–H groups in total. The lowest BCUT2D eigenvalue weighted by Crippen LogP contribution is -2.45. The monoisotopic (exact) mass is 410 g/mol. The lowest BCUT2D eigenvalue weighted by molar-refractivity contribution is -0.306. The molecule has 0 saturated heterocycles. The van der Waals surface area contributed by atoms with Crippen molar-refractivity contribution in [3.8, 4) is 5.75 Å². The molecule has 2 rings (SSSR count). The molecular formula is C20H24F6O2. The number of alkyl halides is 5. The van der Waals surface area contributed by atoms with Gasteiger partial charge >= 0.3 is 18.1 Å². The van der Waals surface area contributed by atoms with Crippen molar-refractivity contribution in [3.05, 3.63) is 29.6 Å². The highest BCUT2D eigenvalue weighted by atomic mass is 19.4. The molecule has 0 radical (unpaired) electrons. The van der Waals surface area contributed by atoms with Crippen LogP contribution < -0.4 is 4.74 Å². The third-order valence-electron chi connectivity index (χ3n) is 5.23. The number of hydrogen-bond acceptors (Lipinski definition) is 2. The first-order valence-electron chi connectivity index (χ1n) is 9.51. The van der Waals surface area contributed by atoms with E-state index in [0.29, 0.717) is 6.42 Å². The summed E-state index contributed by atoms with van der Waals surface area (Å²) in [4.78, 5) is 12.2. The Kier molecular flexibility index (Phi) is 7.39. The number of unbranched alkanes of at least 4 members (excludes halogenated alkanes) is 2. The summed E-state index contributed by atoms with van der Waals surface area (Å²) in [6.45, 7) is 2.06. The van der Waals surface area contributed by atoms with Crippen molar-refractivity contribution in [3.63, 3.8) is 0 Å². The molecule has 0 spiro atoms. The molecule has 28 heavy (non-hydrogen) atoms. The van der Waals surface area contributed by atoms with Crippen LogP contribution in [0.5, 0.6) is 5.75 Å². The van der Waals surface area contributed by atoms with E-state index in [2.05, 4.69) is 6.92 Å². The molecule has 1 aliphatic rings. The molecule has 1 aromatic carbocycles. The summed E-state index contributed by atoms with van der Waals surface area (Å²) in [6.07, 6.45) is -3.10. The molecule has 8 heteroatoms. The molecular weight excluding hydrogens is 386 g/mol. The molecule has 0 aliphatic heterocycles. The van der Waals surface area contributed by atoms with Crippen molar-refractivity contribution in [1.82, 2.24) is 0 Å². The number of carbonyl (C=O) groups is 1. The fourth-order valence-corrected chi connectivity index (χ4v) is 3.48. The fourth-order valence-electron chi connectivity index (χ4n) is 3.48. The first kappa shape index (κ1) is 22.6. The summed E-state index contributed by atoms with van der Waals surface area (Å²) < 4.78 is 83.3. The number of benzene rings is 1. The van der Waals surface area contributed by atoms with Gasteiger partial charge in [-0.15, -0.1) is 0 Å². The number of esters is 1. The second-order valence-electron chi connectivity index (χ2n) is 7.31. The zero-order valence-electron chi connectivity index (χ0n) is 15.6. The summed E-state index contributed by atoms with van der Waals surface area (Å²) in [5.41, 5.74) is 0.778. The molecule has 0 unspecified atom stereocenters. The maximum Gasteiger partial charge on any atom is 0.453 e. The lowest BCUT2D eigenvalue weighted by Gasteiger charge is -2.33. The Labute approximate surface area is 160 Å². The number of ether oxygens (including phenoxy) is 1. The third kappa shape index (κ3) is 5.41. The normalized spacial score (nSPS) is 20.8. The molecule has 0 aromatic heterocycles. The van der Waals surface area contributed by atoms with Crippen LogP contribution in [0.4, 0.5) is 26.3 Å². The molecule has 0 bridgehead atoms. The Balaban J connectivity index is 1.91. The second-order valence-corrected chi connectivity index (χ2v) is 7.31. The summed E-state index contributed by atoms with van der Waals surface area (Å²) >= 11 is 0. The van der Waals surface area contributed by atoms with Crippen LogP contribution in [-0.2, 0) is 11.2 Å². The fraction of sp³-hybridized carbons (Fsp3) is 0.650. The SMILES string of the molecule is CCCCCc1ccc(OC(=O)[C@H]2CC[C@H](C(F)(F)C(F)(F)F)CC2)c(F)c1. The van der Waals surface area contributed by atoms with Crippen molar-refractivity contribution >= 4 is 5.97 Å². The molecule has 0 heterocycles. The van der Waals surface area contributed by atoms with E-state index in [1.54, 1.807) is 6.07 Å². The molecule has 2 nitrogen and oxygen atoms in total. The predicted molar refractivity (Wildman–Crippen MR) is 91.7 cm³/mol. The van der Waals surface area contributed by atoms with Crippen LogP contribution in [0.1, 0.15) is 57.4 Å². The number of hydrogen-bond donors (Lipinski definition) is 0. The van der Waals surface area contributed by atoms with Crippen molar-refractivity contribution in [2.45, 2.75) is 70.4 Å². The number of halogens is 6. The van der Waals surface area contributed by atoms with Gasteiger partial charge in [0, 0.05) is 5.92 Å².